The molecule has 0 bridgehead atoms. The minimum Gasteiger partial charge on any atom is -0.326 e. The van der Waals surface area contributed by atoms with E-state index in [2.05, 4.69) is 0 Å². The van der Waals surface area contributed by atoms with Crippen molar-refractivity contribution in [3.63, 3.8) is 0 Å². The van der Waals surface area contributed by atoms with E-state index >= 15 is 0 Å². The Hall–Kier alpha value is -1.35. The van der Waals surface area contributed by atoms with Crippen LogP contribution >= 0.6 is 0 Å². The minimum absolute atomic E-state index is 0.310. The van der Waals surface area contributed by atoms with Gasteiger partial charge in [0.05, 0.1) is 0 Å². The van der Waals surface area contributed by atoms with Crippen molar-refractivity contribution in [1.29, 1.82) is 0 Å². The topological polar surface area (TPSA) is 46.3 Å². The molecule has 3 heteroatoms. The molecule has 2 aliphatic rings. The summed E-state index contributed by atoms with van der Waals surface area (Å²) in [4.78, 5) is 14.7. The molecule has 2 fully saturated rings. The lowest BCUT2D eigenvalue weighted by atomic mass is 10.0. The maximum Gasteiger partial charge on any atom is 0.227 e. The van der Waals surface area contributed by atoms with Crippen LogP contribution in [0.1, 0.15) is 56.9 Å². The number of hydrogen-bond donors (Lipinski definition) is 1. The summed E-state index contributed by atoms with van der Waals surface area (Å²) in [6.07, 6.45) is 9.42. The fraction of sp³-hybridized carbons (Fsp3) is 0.611. The van der Waals surface area contributed by atoms with Crippen LogP contribution in [0.4, 0.5) is 5.69 Å². The third-order valence-electron chi connectivity index (χ3n) is 4.87. The van der Waals surface area contributed by atoms with Gasteiger partial charge in [0.2, 0.25) is 5.91 Å². The number of carbonyl (C=O) groups is 1. The molecule has 3 rings (SSSR count). The predicted molar refractivity (Wildman–Crippen MR) is 86.0 cm³/mol. The Balaban J connectivity index is 1.63. The first-order valence-corrected chi connectivity index (χ1v) is 8.39. The quantitative estimate of drug-likeness (QED) is 0.868. The van der Waals surface area contributed by atoms with Crippen molar-refractivity contribution in [2.45, 2.75) is 64.0 Å². The lowest BCUT2D eigenvalue weighted by Crippen LogP contribution is -2.33. The van der Waals surface area contributed by atoms with Gasteiger partial charge in [-0.05, 0) is 42.9 Å². The molecular weight excluding hydrogens is 260 g/mol. The summed E-state index contributed by atoms with van der Waals surface area (Å²) in [5.74, 6) is 1.10. The Kier molecular flexibility index (Phi) is 4.59. The van der Waals surface area contributed by atoms with Crippen molar-refractivity contribution < 1.29 is 4.79 Å². The first-order valence-electron chi connectivity index (χ1n) is 8.39. The highest BCUT2D eigenvalue weighted by atomic mass is 16.2. The fourth-order valence-corrected chi connectivity index (χ4v) is 3.43. The monoisotopic (exact) mass is 286 g/mol. The van der Waals surface area contributed by atoms with Crippen LogP contribution in [-0.4, -0.2) is 11.9 Å². The molecule has 0 unspecified atom stereocenters. The van der Waals surface area contributed by atoms with Gasteiger partial charge >= 0.3 is 0 Å². The zero-order valence-electron chi connectivity index (χ0n) is 12.8. The van der Waals surface area contributed by atoms with E-state index in [0.29, 0.717) is 24.9 Å². The van der Waals surface area contributed by atoms with Gasteiger partial charge in [0.1, 0.15) is 0 Å². The molecule has 1 aromatic carbocycles. The zero-order chi connectivity index (χ0) is 14.7. The van der Waals surface area contributed by atoms with E-state index in [0.717, 1.165) is 36.4 Å². The van der Waals surface area contributed by atoms with Crippen molar-refractivity contribution in [2.75, 3.05) is 4.90 Å². The third kappa shape index (κ3) is 3.65. The van der Waals surface area contributed by atoms with Gasteiger partial charge in [0.25, 0.3) is 0 Å². The van der Waals surface area contributed by atoms with Crippen LogP contribution in [0.25, 0.3) is 0 Å². The molecule has 114 valence electrons. The van der Waals surface area contributed by atoms with E-state index in [9.17, 15) is 4.79 Å². The molecule has 2 saturated carbocycles. The van der Waals surface area contributed by atoms with Crippen LogP contribution in [0.2, 0.25) is 0 Å². The highest BCUT2D eigenvalue weighted by molar-refractivity contribution is 5.94. The van der Waals surface area contributed by atoms with E-state index in [1.165, 1.54) is 25.7 Å². The zero-order valence-corrected chi connectivity index (χ0v) is 12.8. The van der Waals surface area contributed by atoms with Crippen molar-refractivity contribution in [1.82, 2.24) is 0 Å². The standard InChI is InChI=1S/C18H26N2O/c19-13-15-5-8-16(9-6-15)20(17-10-11-17)18(21)12-7-14-3-1-2-4-14/h5-6,8-9,14,17H,1-4,7,10-13,19H2. The predicted octanol–water partition coefficient (Wildman–Crippen LogP) is 3.61. The van der Waals surface area contributed by atoms with Gasteiger partial charge in [-0.2, -0.15) is 0 Å². The van der Waals surface area contributed by atoms with E-state index in [1.807, 2.05) is 29.2 Å². The van der Waals surface area contributed by atoms with Crippen LogP contribution < -0.4 is 10.6 Å². The van der Waals surface area contributed by atoms with Crippen molar-refractivity contribution in [2.24, 2.45) is 11.7 Å². The van der Waals surface area contributed by atoms with Gasteiger partial charge in [-0.3, -0.25) is 4.79 Å². The molecule has 0 saturated heterocycles. The maximum absolute atomic E-state index is 12.6. The molecule has 2 aliphatic carbocycles. The van der Waals surface area contributed by atoms with Gasteiger partial charge < -0.3 is 10.6 Å². The second-order valence-electron chi connectivity index (χ2n) is 6.55. The number of benzene rings is 1. The second-order valence-corrected chi connectivity index (χ2v) is 6.55. The van der Waals surface area contributed by atoms with Crippen LogP contribution in [0.5, 0.6) is 0 Å². The number of carbonyl (C=O) groups excluding carboxylic acids is 1. The lowest BCUT2D eigenvalue weighted by Gasteiger charge is -2.23. The van der Waals surface area contributed by atoms with Crippen LogP contribution in [-0.2, 0) is 11.3 Å². The fourth-order valence-electron chi connectivity index (χ4n) is 3.43. The lowest BCUT2D eigenvalue weighted by molar-refractivity contribution is -0.119. The van der Waals surface area contributed by atoms with Crippen molar-refractivity contribution in [3.8, 4) is 0 Å². The normalized spacial score (nSPS) is 18.9. The summed E-state index contributed by atoms with van der Waals surface area (Å²) in [7, 11) is 0. The maximum atomic E-state index is 12.6. The molecule has 0 atom stereocenters. The molecule has 0 radical (unpaired) electrons. The Labute approximate surface area is 127 Å². The van der Waals surface area contributed by atoms with Gasteiger partial charge in [-0.15, -0.1) is 0 Å². The number of anilines is 1. The average molecular weight is 286 g/mol. The van der Waals surface area contributed by atoms with E-state index in [4.69, 9.17) is 5.73 Å². The molecule has 1 amide bonds. The molecule has 3 nitrogen and oxygen atoms in total. The largest absolute Gasteiger partial charge is 0.326 e. The minimum atomic E-state index is 0.310. The second kappa shape index (κ2) is 6.61. The Morgan fingerprint density at radius 2 is 1.76 bits per heavy atom. The van der Waals surface area contributed by atoms with Gasteiger partial charge in [-0.1, -0.05) is 37.8 Å². The third-order valence-corrected chi connectivity index (χ3v) is 4.87. The molecule has 0 spiro atoms. The number of hydrogen-bond acceptors (Lipinski definition) is 2. The number of amides is 1. The molecular formula is C18H26N2O. The van der Waals surface area contributed by atoms with E-state index in [-0.39, 0.29) is 0 Å². The average Bonchev–Trinajstić information content (AvgIpc) is 3.20. The Morgan fingerprint density at radius 3 is 2.33 bits per heavy atom. The SMILES string of the molecule is NCc1ccc(N(C(=O)CCC2CCCC2)C2CC2)cc1. The van der Waals surface area contributed by atoms with Gasteiger partial charge in [-0.25, -0.2) is 0 Å². The van der Waals surface area contributed by atoms with Gasteiger partial charge in [0.15, 0.2) is 0 Å². The van der Waals surface area contributed by atoms with E-state index < -0.39 is 0 Å². The number of nitrogens with zero attached hydrogens (tertiary/aromatic N) is 1. The molecule has 0 heterocycles. The molecule has 0 aromatic heterocycles. The molecule has 0 aliphatic heterocycles. The summed E-state index contributed by atoms with van der Waals surface area (Å²) in [5, 5.41) is 0. The number of nitrogens with two attached hydrogens (primary N) is 1. The molecule has 21 heavy (non-hydrogen) atoms. The summed E-state index contributed by atoms with van der Waals surface area (Å²) in [6, 6.07) is 8.61. The van der Waals surface area contributed by atoms with Crippen molar-refractivity contribution in [3.05, 3.63) is 29.8 Å². The first-order chi connectivity index (χ1) is 10.3. The number of rotatable bonds is 6. The Bertz CT molecular complexity index is 472. The summed E-state index contributed by atoms with van der Waals surface area (Å²) in [6.45, 7) is 0.555. The molecule has 1 aromatic rings. The van der Waals surface area contributed by atoms with E-state index in [1.54, 1.807) is 0 Å². The molecule has 2 N–H and O–H groups in total. The Morgan fingerprint density at radius 1 is 1.10 bits per heavy atom. The highest BCUT2D eigenvalue weighted by Gasteiger charge is 2.33. The first kappa shape index (κ1) is 14.6. The smallest absolute Gasteiger partial charge is 0.227 e. The van der Waals surface area contributed by atoms with Crippen LogP contribution in [0, 0.1) is 5.92 Å². The van der Waals surface area contributed by atoms with Gasteiger partial charge in [0, 0.05) is 24.7 Å². The van der Waals surface area contributed by atoms with Crippen LogP contribution in [0.3, 0.4) is 0 Å². The summed E-state index contributed by atoms with van der Waals surface area (Å²) >= 11 is 0. The van der Waals surface area contributed by atoms with Crippen LogP contribution in [0.15, 0.2) is 24.3 Å². The summed E-state index contributed by atoms with van der Waals surface area (Å²) < 4.78 is 0. The highest BCUT2D eigenvalue weighted by Crippen LogP contribution is 2.34. The summed E-state index contributed by atoms with van der Waals surface area (Å²) in [5.41, 5.74) is 7.81. The van der Waals surface area contributed by atoms with Crippen molar-refractivity contribution >= 4 is 11.6 Å².